The van der Waals surface area contributed by atoms with E-state index >= 15 is 0 Å². The van der Waals surface area contributed by atoms with Crippen LogP contribution >= 0.6 is 11.8 Å². The summed E-state index contributed by atoms with van der Waals surface area (Å²) in [5.41, 5.74) is 7.74. The molecule has 2 N–H and O–H groups in total. The average Bonchev–Trinajstić information content (AvgIpc) is 2.56. The first kappa shape index (κ1) is 11.5. The van der Waals surface area contributed by atoms with Crippen molar-refractivity contribution in [2.75, 3.05) is 5.73 Å². The lowest BCUT2D eigenvalue weighted by Crippen LogP contribution is -1.95. The zero-order chi connectivity index (χ0) is 12.4. The molecule has 2 heterocycles. The molecule has 0 aliphatic heterocycles. The Bertz CT molecular complexity index is 596. The second-order valence-electron chi connectivity index (χ2n) is 3.52. The van der Waals surface area contributed by atoms with E-state index in [2.05, 4.69) is 16.2 Å². The van der Waals surface area contributed by atoms with Crippen LogP contribution in [0.5, 0.6) is 0 Å². The quantitative estimate of drug-likeness (QED) is 0.871. The summed E-state index contributed by atoms with van der Waals surface area (Å²) in [7, 11) is 1.81. The van der Waals surface area contributed by atoms with Gasteiger partial charge in [0.1, 0.15) is 16.7 Å². The fourth-order valence-corrected chi connectivity index (χ4v) is 2.45. The van der Waals surface area contributed by atoms with Gasteiger partial charge in [-0.1, -0.05) is 11.8 Å². The molecule has 6 heteroatoms. The van der Waals surface area contributed by atoms with E-state index in [-0.39, 0.29) is 0 Å². The predicted octanol–water partition coefficient (Wildman–Crippen LogP) is 1.73. The molecule has 0 aliphatic carbocycles. The topological polar surface area (TPSA) is 80.5 Å². The highest BCUT2D eigenvalue weighted by atomic mass is 32.2. The van der Waals surface area contributed by atoms with Crippen molar-refractivity contribution in [2.45, 2.75) is 16.8 Å². The standard InChI is InChI=1S/C11H11N5S/c1-7-8(5-12)11(16(2)15-7)17-10-3-4-14-6-9(10)13/h3-4,6H,13H2,1-2H3. The first-order valence-corrected chi connectivity index (χ1v) is 5.76. The summed E-state index contributed by atoms with van der Waals surface area (Å²) in [6.07, 6.45) is 3.27. The fraction of sp³-hybridized carbons (Fsp3) is 0.182. The van der Waals surface area contributed by atoms with Gasteiger partial charge in [-0.15, -0.1) is 0 Å². The molecule has 0 saturated heterocycles. The lowest BCUT2D eigenvalue weighted by atomic mass is 10.3. The van der Waals surface area contributed by atoms with Gasteiger partial charge in [0.2, 0.25) is 0 Å². The van der Waals surface area contributed by atoms with E-state index in [9.17, 15) is 0 Å². The predicted molar refractivity (Wildman–Crippen MR) is 65.4 cm³/mol. The zero-order valence-corrected chi connectivity index (χ0v) is 10.3. The maximum Gasteiger partial charge on any atom is 0.117 e. The van der Waals surface area contributed by atoms with Gasteiger partial charge in [-0.05, 0) is 13.0 Å². The van der Waals surface area contributed by atoms with Crippen molar-refractivity contribution in [3.63, 3.8) is 0 Å². The van der Waals surface area contributed by atoms with Gasteiger partial charge in [-0.3, -0.25) is 9.67 Å². The number of rotatable bonds is 2. The smallest absolute Gasteiger partial charge is 0.117 e. The number of nitriles is 1. The van der Waals surface area contributed by atoms with Crippen molar-refractivity contribution in [3.05, 3.63) is 29.7 Å². The molecule has 0 radical (unpaired) electrons. The Hall–Kier alpha value is -2.00. The van der Waals surface area contributed by atoms with Crippen molar-refractivity contribution >= 4 is 17.4 Å². The number of aryl methyl sites for hydroxylation is 2. The summed E-state index contributed by atoms with van der Waals surface area (Å²) in [6, 6.07) is 3.99. The highest BCUT2D eigenvalue weighted by molar-refractivity contribution is 7.99. The molecule has 0 saturated carbocycles. The van der Waals surface area contributed by atoms with Crippen LogP contribution in [0, 0.1) is 18.3 Å². The molecule has 2 aromatic heterocycles. The minimum Gasteiger partial charge on any atom is -0.397 e. The van der Waals surface area contributed by atoms with E-state index in [0.29, 0.717) is 11.3 Å². The van der Waals surface area contributed by atoms with Gasteiger partial charge >= 0.3 is 0 Å². The van der Waals surface area contributed by atoms with Gasteiger partial charge in [0.25, 0.3) is 0 Å². The maximum absolute atomic E-state index is 9.10. The molecule has 0 spiro atoms. The lowest BCUT2D eigenvalue weighted by molar-refractivity contribution is 0.692. The van der Waals surface area contributed by atoms with Gasteiger partial charge in [0, 0.05) is 18.1 Å². The molecule has 0 aliphatic rings. The lowest BCUT2D eigenvalue weighted by Gasteiger charge is -2.04. The van der Waals surface area contributed by atoms with Gasteiger partial charge in [0.05, 0.1) is 17.6 Å². The molecule has 0 amide bonds. The number of pyridine rings is 1. The molecular formula is C11H11N5S. The largest absolute Gasteiger partial charge is 0.397 e. The third-order valence-corrected chi connectivity index (χ3v) is 3.55. The van der Waals surface area contributed by atoms with E-state index in [1.807, 2.05) is 20.0 Å². The molecule has 0 bridgehead atoms. The highest BCUT2D eigenvalue weighted by Crippen LogP contribution is 2.33. The Morgan fingerprint density at radius 1 is 1.53 bits per heavy atom. The number of hydrogen-bond acceptors (Lipinski definition) is 5. The summed E-state index contributed by atoms with van der Waals surface area (Å²) in [5.74, 6) is 0. The van der Waals surface area contributed by atoms with Crippen LogP contribution in [0.25, 0.3) is 0 Å². The van der Waals surface area contributed by atoms with Crippen LogP contribution < -0.4 is 5.73 Å². The molecular weight excluding hydrogens is 234 g/mol. The summed E-state index contributed by atoms with van der Waals surface area (Å²) in [4.78, 5) is 4.81. The van der Waals surface area contributed by atoms with Crippen LogP contribution in [-0.2, 0) is 7.05 Å². The first-order chi connectivity index (χ1) is 8.13. The SMILES string of the molecule is Cc1nn(C)c(Sc2ccncc2N)c1C#N. The first-order valence-electron chi connectivity index (χ1n) is 4.94. The Balaban J connectivity index is 2.44. The molecule has 2 rings (SSSR count). The average molecular weight is 245 g/mol. The zero-order valence-electron chi connectivity index (χ0n) is 9.51. The molecule has 5 nitrogen and oxygen atoms in total. The minimum atomic E-state index is 0.591. The van der Waals surface area contributed by atoms with Crippen molar-refractivity contribution in [1.29, 1.82) is 5.26 Å². The van der Waals surface area contributed by atoms with E-state index in [1.165, 1.54) is 11.8 Å². The summed E-state index contributed by atoms with van der Waals surface area (Å²) in [5, 5.41) is 14.1. The normalized spacial score (nSPS) is 10.2. The van der Waals surface area contributed by atoms with Crippen LogP contribution in [0.1, 0.15) is 11.3 Å². The van der Waals surface area contributed by atoms with Crippen molar-refractivity contribution in [3.8, 4) is 6.07 Å². The summed E-state index contributed by atoms with van der Waals surface area (Å²) < 4.78 is 1.69. The number of nitrogens with zero attached hydrogens (tertiary/aromatic N) is 4. The number of anilines is 1. The molecule has 0 unspecified atom stereocenters. The van der Waals surface area contributed by atoms with Crippen LogP contribution in [0.3, 0.4) is 0 Å². The van der Waals surface area contributed by atoms with E-state index in [4.69, 9.17) is 11.0 Å². The van der Waals surface area contributed by atoms with E-state index in [0.717, 1.165) is 15.6 Å². The van der Waals surface area contributed by atoms with Crippen LogP contribution in [0.15, 0.2) is 28.4 Å². The summed E-state index contributed by atoms with van der Waals surface area (Å²) >= 11 is 1.43. The minimum absolute atomic E-state index is 0.591. The molecule has 0 atom stereocenters. The third-order valence-electron chi connectivity index (χ3n) is 2.30. The van der Waals surface area contributed by atoms with E-state index < -0.39 is 0 Å². The van der Waals surface area contributed by atoms with Crippen molar-refractivity contribution in [1.82, 2.24) is 14.8 Å². The maximum atomic E-state index is 9.10. The second kappa shape index (κ2) is 4.47. The van der Waals surface area contributed by atoms with Crippen molar-refractivity contribution < 1.29 is 0 Å². The van der Waals surface area contributed by atoms with Crippen molar-refractivity contribution in [2.24, 2.45) is 7.05 Å². The van der Waals surface area contributed by atoms with Crippen LogP contribution in [0.2, 0.25) is 0 Å². The Morgan fingerprint density at radius 2 is 2.29 bits per heavy atom. The fourth-order valence-electron chi connectivity index (χ4n) is 1.47. The van der Waals surface area contributed by atoms with Gasteiger partial charge in [-0.2, -0.15) is 10.4 Å². The molecule has 17 heavy (non-hydrogen) atoms. The van der Waals surface area contributed by atoms with Gasteiger partial charge < -0.3 is 5.73 Å². The Morgan fingerprint density at radius 3 is 2.94 bits per heavy atom. The second-order valence-corrected chi connectivity index (χ2v) is 4.55. The van der Waals surface area contributed by atoms with Crippen LogP contribution in [0.4, 0.5) is 5.69 Å². The molecule has 2 aromatic rings. The number of aromatic nitrogens is 3. The van der Waals surface area contributed by atoms with E-state index in [1.54, 1.807) is 17.1 Å². The third kappa shape index (κ3) is 2.10. The van der Waals surface area contributed by atoms with Gasteiger partial charge in [0.15, 0.2) is 0 Å². The molecule has 86 valence electrons. The number of nitrogen functional groups attached to an aromatic ring is 1. The molecule has 0 aromatic carbocycles. The number of nitrogens with two attached hydrogens (primary N) is 1. The number of hydrogen-bond donors (Lipinski definition) is 1. The van der Waals surface area contributed by atoms with Crippen LogP contribution in [-0.4, -0.2) is 14.8 Å². The highest BCUT2D eigenvalue weighted by Gasteiger charge is 2.15. The Labute approximate surface area is 103 Å². The Kier molecular flexibility index (Phi) is 3.02. The van der Waals surface area contributed by atoms with Gasteiger partial charge in [-0.25, -0.2) is 0 Å². The molecule has 0 fully saturated rings. The monoisotopic (exact) mass is 245 g/mol. The summed E-state index contributed by atoms with van der Waals surface area (Å²) in [6.45, 7) is 1.82.